The smallest absolute Gasteiger partial charge is 0.350 e. The molecule has 0 heterocycles. The van der Waals surface area contributed by atoms with Gasteiger partial charge in [-0.25, -0.2) is 8.78 Å². The number of hydrogen-bond acceptors (Lipinski definition) is 2. The van der Waals surface area contributed by atoms with Crippen molar-refractivity contribution in [3.05, 3.63) is 0 Å². The average Bonchev–Trinajstić information content (AvgIpc) is 1.86. The van der Waals surface area contributed by atoms with Crippen LogP contribution in [0.1, 0.15) is 6.92 Å². The lowest BCUT2D eigenvalue weighted by atomic mass is 10.3. The topological polar surface area (TPSA) is 44.0 Å². The number of nitriles is 1. The van der Waals surface area contributed by atoms with E-state index in [1.807, 2.05) is 0 Å². The number of halogens is 6. The summed E-state index contributed by atoms with van der Waals surface area (Å²) in [5.41, 5.74) is 0. The van der Waals surface area contributed by atoms with E-state index in [1.165, 1.54) is 6.92 Å². The molecule has 2 nitrogen and oxygen atoms in total. The molecule has 1 atom stereocenters. The SMILES string of the molecule is CC#N.OC(F)(C(F)F)C(F)(F)F. The lowest BCUT2D eigenvalue weighted by Gasteiger charge is -2.20. The van der Waals surface area contributed by atoms with Gasteiger partial charge in [0.1, 0.15) is 0 Å². The van der Waals surface area contributed by atoms with Crippen LogP contribution in [0.2, 0.25) is 0 Å². The third-order valence-corrected chi connectivity index (χ3v) is 0.687. The summed E-state index contributed by atoms with van der Waals surface area (Å²) in [5, 5.41) is 14.7. The summed E-state index contributed by atoms with van der Waals surface area (Å²) in [6, 6.07) is 1.75. The maximum Gasteiger partial charge on any atom is 0.454 e. The summed E-state index contributed by atoms with van der Waals surface area (Å²) >= 11 is 0. The van der Waals surface area contributed by atoms with Crippen LogP contribution >= 0.6 is 0 Å². The predicted octanol–water partition coefficient (Wildman–Crippen LogP) is 2.00. The molecule has 1 unspecified atom stereocenters. The zero-order valence-electron chi connectivity index (χ0n) is 6.24. The van der Waals surface area contributed by atoms with Crippen molar-refractivity contribution < 1.29 is 31.4 Å². The molecule has 78 valence electrons. The van der Waals surface area contributed by atoms with Crippen LogP contribution in [0.3, 0.4) is 0 Å². The Balaban J connectivity index is 0. The van der Waals surface area contributed by atoms with Crippen molar-refractivity contribution in [1.82, 2.24) is 0 Å². The molecule has 13 heavy (non-hydrogen) atoms. The Kier molecular flexibility index (Phi) is 5.50. The molecule has 0 aliphatic rings. The average molecular weight is 209 g/mol. The molecule has 0 radical (unpaired) electrons. The minimum Gasteiger partial charge on any atom is -0.350 e. The van der Waals surface area contributed by atoms with E-state index in [0.29, 0.717) is 0 Å². The van der Waals surface area contributed by atoms with Gasteiger partial charge in [0.2, 0.25) is 0 Å². The fourth-order valence-corrected chi connectivity index (χ4v) is 0.124. The molecule has 8 heteroatoms. The van der Waals surface area contributed by atoms with Crippen LogP contribution in [0.15, 0.2) is 0 Å². The quantitative estimate of drug-likeness (QED) is 0.671. The molecule has 0 bridgehead atoms. The summed E-state index contributed by atoms with van der Waals surface area (Å²) in [6.07, 6.45) is -10.4. The van der Waals surface area contributed by atoms with Crippen LogP contribution in [0.4, 0.5) is 26.3 Å². The number of aliphatic hydroxyl groups is 1. The first kappa shape index (κ1) is 14.5. The molecule has 0 amide bonds. The van der Waals surface area contributed by atoms with Crippen LogP contribution in [0.25, 0.3) is 0 Å². The molecule has 0 aliphatic heterocycles. The zero-order chi connectivity index (χ0) is 11.3. The van der Waals surface area contributed by atoms with Gasteiger partial charge in [-0.2, -0.15) is 22.8 Å². The first-order valence-corrected chi connectivity index (χ1v) is 2.68. The molecule has 0 aliphatic carbocycles. The van der Waals surface area contributed by atoms with Gasteiger partial charge in [-0.3, -0.25) is 0 Å². The van der Waals surface area contributed by atoms with Crippen molar-refractivity contribution >= 4 is 0 Å². The van der Waals surface area contributed by atoms with Gasteiger partial charge in [0.15, 0.2) is 0 Å². The molecule has 0 aromatic rings. The van der Waals surface area contributed by atoms with E-state index in [0.717, 1.165) is 0 Å². The van der Waals surface area contributed by atoms with Crippen molar-refractivity contribution in [3.8, 4) is 6.07 Å². The Labute approximate surface area is 69.4 Å². The van der Waals surface area contributed by atoms with Crippen molar-refractivity contribution in [2.45, 2.75) is 25.4 Å². The Bertz CT molecular complexity index is 180. The highest BCUT2D eigenvalue weighted by molar-refractivity contribution is 4.76. The van der Waals surface area contributed by atoms with E-state index in [4.69, 9.17) is 10.4 Å². The van der Waals surface area contributed by atoms with Gasteiger partial charge < -0.3 is 5.11 Å². The fraction of sp³-hybridized carbons (Fsp3) is 0.800. The molecule has 1 N–H and O–H groups in total. The van der Waals surface area contributed by atoms with Crippen molar-refractivity contribution in [3.63, 3.8) is 0 Å². The summed E-state index contributed by atoms with van der Waals surface area (Å²) in [7, 11) is 0. The number of nitrogens with zero attached hydrogens (tertiary/aromatic N) is 1. The zero-order valence-corrected chi connectivity index (χ0v) is 6.24. The van der Waals surface area contributed by atoms with Gasteiger partial charge in [-0.1, -0.05) is 0 Å². The number of rotatable bonds is 1. The summed E-state index contributed by atoms with van der Waals surface area (Å²) < 4.78 is 66.3. The standard InChI is InChI=1S/C3H2F6O.C2H3N/c4-1(5)2(6,10)3(7,8)9;1-2-3/h1,10H;1H3. The second kappa shape index (κ2) is 4.91. The van der Waals surface area contributed by atoms with Crippen molar-refractivity contribution in [2.75, 3.05) is 0 Å². The summed E-state index contributed by atoms with van der Waals surface area (Å²) in [6.45, 7) is 1.43. The molecule has 0 fully saturated rings. The van der Waals surface area contributed by atoms with Gasteiger partial charge in [-0.05, 0) is 0 Å². The number of hydrogen-bond donors (Lipinski definition) is 1. The Morgan fingerprint density at radius 3 is 1.46 bits per heavy atom. The Morgan fingerprint density at radius 1 is 1.23 bits per heavy atom. The van der Waals surface area contributed by atoms with Crippen LogP contribution in [-0.4, -0.2) is 23.6 Å². The lowest BCUT2D eigenvalue weighted by molar-refractivity contribution is -0.352. The first-order valence-electron chi connectivity index (χ1n) is 2.68. The Morgan fingerprint density at radius 2 is 1.46 bits per heavy atom. The van der Waals surface area contributed by atoms with Crippen molar-refractivity contribution in [1.29, 1.82) is 5.26 Å². The van der Waals surface area contributed by atoms with E-state index in [2.05, 4.69) is 0 Å². The number of alkyl halides is 6. The lowest BCUT2D eigenvalue weighted by Crippen LogP contribution is -2.47. The fourth-order valence-electron chi connectivity index (χ4n) is 0.124. The van der Waals surface area contributed by atoms with Crippen LogP contribution < -0.4 is 0 Å². The second-order valence-electron chi connectivity index (χ2n) is 1.70. The highest BCUT2D eigenvalue weighted by atomic mass is 19.4. The molecule has 0 aromatic carbocycles. The molecule has 0 saturated heterocycles. The summed E-state index contributed by atoms with van der Waals surface area (Å²) in [4.78, 5) is 0. The van der Waals surface area contributed by atoms with Gasteiger partial charge in [0, 0.05) is 6.92 Å². The van der Waals surface area contributed by atoms with Crippen LogP contribution in [0, 0.1) is 11.3 Å². The molecule has 0 rings (SSSR count). The molecule has 0 aromatic heterocycles. The van der Waals surface area contributed by atoms with Gasteiger partial charge in [0.05, 0.1) is 6.07 Å². The maximum absolute atomic E-state index is 11.4. The van der Waals surface area contributed by atoms with Gasteiger partial charge in [0.25, 0.3) is 0 Å². The molecule has 0 spiro atoms. The van der Waals surface area contributed by atoms with E-state index in [9.17, 15) is 26.3 Å². The monoisotopic (exact) mass is 209 g/mol. The van der Waals surface area contributed by atoms with E-state index in [-0.39, 0.29) is 0 Å². The summed E-state index contributed by atoms with van der Waals surface area (Å²) in [5.74, 6) is -5.40. The highest BCUT2D eigenvalue weighted by Crippen LogP contribution is 2.36. The minimum absolute atomic E-state index is 1.43. The maximum atomic E-state index is 11.4. The molecule has 0 saturated carbocycles. The van der Waals surface area contributed by atoms with Crippen LogP contribution in [-0.2, 0) is 0 Å². The third-order valence-electron chi connectivity index (χ3n) is 0.687. The van der Waals surface area contributed by atoms with Gasteiger partial charge in [-0.15, -0.1) is 0 Å². The normalized spacial score (nSPS) is 15.4. The van der Waals surface area contributed by atoms with Crippen LogP contribution in [0.5, 0.6) is 0 Å². The first-order chi connectivity index (χ1) is 5.61. The molecular formula is C5H5F6NO. The van der Waals surface area contributed by atoms with E-state index >= 15 is 0 Å². The Hall–Kier alpha value is -0.970. The highest BCUT2D eigenvalue weighted by Gasteiger charge is 2.62. The minimum atomic E-state index is -5.94. The van der Waals surface area contributed by atoms with E-state index < -0.39 is 18.5 Å². The van der Waals surface area contributed by atoms with Crippen molar-refractivity contribution in [2.24, 2.45) is 0 Å². The third kappa shape index (κ3) is 4.57. The second-order valence-corrected chi connectivity index (χ2v) is 1.70. The largest absolute Gasteiger partial charge is 0.454 e. The molecular weight excluding hydrogens is 204 g/mol. The van der Waals surface area contributed by atoms with E-state index in [1.54, 1.807) is 6.07 Å². The van der Waals surface area contributed by atoms with Gasteiger partial charge >= 0.3 is 18.5 Å². The predicted molar refractivity (Wildman–Crippen MR) is 29.4 cm³/mol.